The van der Waals surface area contributed by atoms with Gasteiger partial charge < -0.3 is 9.84 Å². The highest BCUT2D eigenvalue weighted by molar-refractivity contribution is 5.92. The summed E-state index contributed by atoms with van der Waals surface area (Å²) in [5.74, 6) is 1.25. The molecule has 2 aromatic carbocycles. The Balaban J connectivity index is 2.13. The summed E-state index contributed by atoms with van der Waals surface area (Å²) in [5.41, 5.74) is 6.78. The maximum Gasteiger partial charge on any atom is 0.119 e. The van der Waals surface area contributed by atoms with Crippen molar-refractivity contribution in [1.29, 1.82) is 0 Å². The van der Waals surface area contributed by atoms with Crippen LogP contribution in [0.25, 0.3) is 11.1 Å². The van der Waals surface area contributed by atoms with Gasteiger partial charge in [-0.25, -0.2) is 0 Å². The van der Waals surface area contributed by atoms with Gasteiger partial charge in [0.1, 0.15) is 11.5 Å². The maximum atomic E-state index is 9.52. The van der Waals surface area contributed by atoms with Crippen LogP contribution in [0.4, 0.5) is 0 Å². The van der Waals surface area contributed by atoms with E-state index in [1.54, 1.807) is 19.2 Å². The second-order valence-electron chi connectivity index (χ2n) is 5.73. The van der Waals surface area contributed by atoms with Crippen LogP contribution in [0.3, 0.4) is 0 Å². The van der Waals surface area contributed by atoms with E-state index in [2.05, 4.69) is 19.1 Å². The van der Waals surface area contributed by atoms with E-state index >= 15 is 0 Å². The van der Waals surface area contributed by atoms with Gasteiger partial charge in [0.05, 0.1) is 7.11 Å². The van der Waals surface area contributed by atoms with E-state index in [1.807, 2.05) is 18.2 Å². The number of aromatic hydroxyl groups is 1. The van der Waals surface area contributed by atoms with Gasteiger partial charge in [0.25, 0.3) is 0 Å². The molecule has 0 aromatic heterocycles. The van der Waals surface area contributed by atoms with E-state index in [1.165, 1.54) is 27.8 Å². The number of hydrogen-bond acceptors (Lipinski definition) is 2. The van der Waals surface area contributed by atoms with Crippen molar-refractivity contribution < 1.29 is 9.84 Å². The molecule has 0 amide bonds. The van der Waals surface area contributed by atoms with Crippen molar-refractivity contribution >= 4 is 11.1 Å². The first-order chi connectivity index (χ1) is 10.7. The number of benzene rings is 2. The summed E-state index contributed by atoms with van der Waals surface area (Å²) in [5, 5.41) is 9.52. The minimum Gasteiger partial charge on any atom is -0.508 e. The normalized spacial score (nSPS) is 14.5. The van der Waals surface area contributed by atoms with Gasteiger partial charge in [-0.05, 0) is 77.8 Å². The maximum absolute atomic E-state index is 9.52. The smallest absolute Gasteiger partial charge is 0.119 e. The molecular formula is C20H22O2. The number of ether oxygens (including phenoxy) is 1. The number of phenolic OH excluding ortho intramolecular Hbond substituents is 1. The molecule has 0 atom stereocenters. The van der Waals surface area contributed by atoms with Gasteiger partial charge in [-0.2, -0.15) is 0 Å². The fourth-order valence-corrected chi connectivity index (χ4v) is 3.35. The van der Waals surface area contributed by atoms with Crippen LogP contribution in [0, 0.1) is 0 Å². The quantitative estimate of drug-likeness (QED) is 0.857. The third kappa shape index (κ3) is 2.74. The van der Waals surface area contributed by atoms with Gasteiger partial charge in [-0.3, -0.25) is 0 Å². The van der Waals surface area contributed by atoms with Crippen LogP contribution in [0.15, 0.2) is 42.5 Å². The molecule has 22 heavy (non-hydrogen) atoms. The second-order valence-corrected chi connectivity index (χ2v) is 5.73. The van der Waals surface area contributed by atoms with Crippen LogP contribution in [-0.2, 0) is 6.42 Å². The lowest BCUT2D eigenvalue weighted by atomic mass is 9.91. The molecule has 0 bridgehead atoms. The van der Waals surface area contributed by atoms with Crippen molar-refractivity contribution in [2.45, 2.75) is 32.6 Å². The van der Waals surface area contributed by atoms with E-state index in [4.69, 9.17) is 4.74 Å². The summed E-state index contributed by atoms with van der Waals surface area (Å²) >= 11 is 0. The summed E-state index contributed by atoms with van der Waals surface area (Å²) in [7, 11) is 1.72. The van der Waals surface area contributed by atoms with Crippen LogP contribution in [0.1, 0.15) is 42.9 Å². The molecule has 0 spiro atoms. The molecule has 114 valence electrons. The Bertz CT molecular complexity index is 696. The fourth-order valence-electron chi connectivity index (χ4n) is 3.35. The average molecular weight is 294 g/mol. The van der Waals surface area contributed by atoms with Gasteiger partial charge in [0, 0.05) is 0 Å². The summed E-state index contributed by atoms with van der Waals surface area (Å²) in [6, 6.07) is 14.0. The Hall–Kier alpha value is -2.22. The lowest BCUT2D eigenvalue weighted by Crippen LogP contribution is -1.94. The number of phenols is 1. The van der Waals surface area contributed by atoms with Gasteiger partial charge in [0.15, 0.2) is 0 Å². The molecule has 1 N–H and O–H groups in total. The van der Waals surface area contributed by atoms with Gasteiger partial charge in [0.2, 0.25) is 0 Å². The van der Waals surface area contributed by atoms with E-state index in [0.29, 0.717) is 5.75 Å². The van der Waals surface area contributed by atoms with Crippen LogP contribution in [-0.4, -0.2) is 12.2 Å². The first-order valence-electron chi connectivity index (χ1n) is 7.91. The molecule has 1 aliphatic rings. The molecule has 0 saturated carbocycles. The SMILES string of the molecule is CCC1=C(c2ccc(O)cc2)CCCc2cc(OC)ccc21. The van der Waals surface area contributed by atoms with Crippen molar-refractivity contribution in [2.75, 3.05) is 7.11 Å². The number of methoxy groups -OCH3 is 1. The molecule has 2 heteroatoms. The monoisotopic (exact) mass is 294 g/mol. The van der Waals surface area contributed by atoms with Crippen LogP contribution in [0.5, 0.6) is 11.5 Å². The average Bonchev–Trinajstić information content (AvgIpc) is 2.73. The Morgan fingerprint density at radius 2 is 1.82 bits per heavy atom. The first kappa shape index (κ1) is 14.7. The van der Waals surface area contributed by atoms with Crippen molar-refractivity contribution in [3.63, 3.8) is 0 Å². The zero-order valence-corrected chi connectivity index (χ0v) is 13.2. The Kier molecular flexibility index (Phi) is 4.19. The van der Waals surface area contributed by atoms with Crippen molar-refractivity contribution in [3.05, 3.63) is 59.2 Å². The molecule has 0 unspecified atom stereocenters. The van der Waals surface area contributed by atoms with Crippen LogP contribution >= 0.6 is 0 Å². The highest BCUT2D eigenvalue weighted by Crippen LogP contribution is 2.38. The Labute approximate surface area is 132 Å². The van der Waals surface area contributed by atoms with E-state index in [-0.39, 0.29) is 0 Å². The second kappa shape index (κ2) is 6.27. The standard InChI is InChI=1S/C20H22O2/c1-3-18-19(14-7-9-16(21)10-8-14)6-4-5-15-13-17(22-2)11-12-20(15)18/h7-13,21H,3-6H2,1-2H3. The summed E-state index contributed by atoms with van der Waals surface area (Å²) in [6.07, 6.45) is 4.30. The Morgan fingerprint density at radius 3 is 2.50 bits per heavy atom. The van der Waals surface area contributed by atoms with E-state index in [0.717, 1.165) is 31.4 Å². The van der Waals surface area contributed by atoms with Crippen LogP contribution in [0.2, 0.25) is 0 Å². The van der Waals surface area contributed by atoms with Crippen molar-refractivity contribution in [3.8, 4) is 11.5 Å². The molecule has 0 heterocycles. The molecule has 1 aliphatic carbocycles. The minimum atomic E-state index is 0.321. The van der Waals surface area contributed by atoms with Gasteiger partial charge in [-0.15, -0.1) is 0 Å². The summed E-state index contributed by atoms with van der Waals surface area (Å²) in [4.78, 5) is 0. The summed E-state index contributed by atoms with van der Waals surface area (Å²) < 4.78 is 5.37. The highest BCUT2D eigenvalue weighted by Gasteiger charge is 2.17. The lowest BCUT2D eigenvalue weighted by Gasteiger charge is -2.15. The number of rotatable bonds is 3. The zero-order valence-electron chi connectivity index (χ0n) is 13.2. The third-order valence-electron chi connectivity index (χ3n) is 4.44. The number of aryl methyl sites for hydroxylation is 1. The predicted molar refractivity (Wildman–Crippen MR) is 91.1 cm³/mol. The molecule has 3 rings (SSSR count). The molecular weight excluding hydrogens is 272 g/mol. The minimum absolute atomic E-state index is 0.321. The third-order valence-corrected chi connectivity index (χ3v) is 4.44. The molecule has 0 radical (unpaired) electrons. The molecule has 0 aliphatic heterocycles. The number of hydrogen-bond donors (Lipinski definition) is 1. The van der Waals surface area contributed by atoms with Crippen molar-refractivity contribution in [2.24, 2.45) is 0 Å². The molecule has 2 nitrogen and oxygen atoms in total. The fraction of sp³-hybridized carbons (Fsp3) is 0.300. The van der Waals surface area contributed by atoms with Gasteiger partial charge in [-0.1, -0.05) is 25.1 Å². The first-order valence-corrected chi connectivity index (χ1v) is 7.91. The Morgan fingerprint density at radius 1 is 1.05 bits per heavy atom. The van der Waals surface area contributed by atoms with Gasteiger partial charge >= 0.3 is 0 Å². The predicted octanol–water partition coefficient (Wildman–Crippen LogP) is 5.06. The zero-order chi connectivity index (χ0) is 15.5. The largest absolute Gasteiger partial charge is 0.508 e. The van der Waals surface area contributed by atoms with E-state index in [9.17, 15) is 5.11 Å². The molecule has 0 fully saturated rings. The number of allylic oxidation sites excluding steroid dienone is 2. The molecule has 2 aromatic rings. The topological polar surface area (TPSA) is 29.5 Å². The lowest BCUT2D eigenvalue weighted by molar-refractivity contribution is 0.414. The van der Waals surface area contributed by atoms with Crippen LogP contribution < -0.4 is 4.74 Å². The highest BCUT2D eigenvalue weighted by atomic mass is 16.5. The molecule has 0 saturated heterocycles. The summed E-state index contributed by atoms with van der Waals surface area (Å²) in [6.45, 7) is 2.22. The van der Waals surface area contributed by atoms with E-state index < -0.39 is 0 Å². The number of fused-ring (bicyclic) bond motifs is 1. The van der Waals surface area contributed by atoms with Crippen molar-refractivity contribution in [1.82, 2.24) is 0 Å².